The zero-order valence-corrected chi connectivity index (χ0v) is 23.8. The van der Waals surface area contributed by atoms with Gasteiger partial charge in [-0.15, -0.1) is 12.8 Å². The third-order valence-electron chi connectivity index (χ3n) is 7.02. The Labute approximate surface area is 231 Å². The molecule has 0 radical (unpaired) electrons. The van der Waals surface area contributed by atoms with E-state index in [0.717, 1.165) is 51.5 Å². The topological polar surface area (TPSA) is 35.9 Å². The first kappa shape index (κ1) is 31.0. The summed E-state index contributed by atoms with van der Waals surface area (Å²) >= 11 is 0. The van der Waals surface area contributed by atoms with E-state index in [1.807, 2.05) is 6.07 Å². The zero-order valence-electron chi connectivity index (χ0n) is 23.8. The van der Waals surface area contributed by atoms with Crippen molar-refractivity contribution in [2.24, 2.45) is 5.92 Å². The number of rotatable bonds is 10. The van der Waals surface area contributed by atoms with Crippen LogP contribution in [0.25, 0.3) is 0 Å². The van der Waals surface area contributed by atoms with Crippen LogP contribution in [0.5, 0.6) is 5.75 Å². The number of hydrogen-bond donors (Lipinski definition) is 1. The Kier molecular flexibility index (Phi) is 14.1. The zero-order chi connectivity index (χ0) is 27.8. The van der Waals surface area contributed by atoms with Gasteiger partial charge in [0.1, 0.15) is 5.75 Å². The molecule has 0 spiro atoms. The Hall–Kier alpha value is -3.26. The van der Waals surface area contributed by atoms with Gasteiger partial charge in [0.05, 0.1) is 6.61 Å². The number of phenolic OH excluding ortho intramolecular Hbond substituents is 1. The van der Waals surface area contributed by atoms with Crippen LogP contribution < -0.4 is 4.90 Å². The van der Waals surface area contributed by atoms with Gasteiger partial charge in [0, 0.05) is 39.0 Å². The van der Waals surface area contributed by atoms with E-state index in [9.17, 15) is 5.11 Å². The van der Waals surface area contributed by atoms with Crippen LogP contribution >= 0.6 is 0 Å². The standard InChI is InChI=1S/C21H30N2O.C11H14O.C2H2/c1-4-23(21-8-6-5-7-9-21)18-20-12-10-19(11-13-20)14-15-22(2)16-17-24-3;1-8-2-3-10-7-11(12)5-4-9(10)6-8;1-2/h5-13H,4,14-18H2,1-3H3;4-5,7-8,12H,2-3,6H2,1H3;1-2H. The van der Waals surface area contributed by atoms with E-state index in [0.29, 0.717) is 5.75 Å². The summed E-state index contributed by atoms with van der Waals surface area (Å²) in [6.45, 7) is 9.30. The number of benzene rings is 3. The molecule has 4 rings (SSSR count). The highest BCUT2D eigenvalue weighted by atomic mass is 16.5. The quantitative estimate of drug-likeness (QED) is 0.309. The molecule has 0 amide bonds. The molecule has 4 heteroatoms. The summed E-state index contributed by atoms with van der Waals surface area (Å²) < 4.78 is 5.12. The number of nitrogens with zero attached hydrogens (tertiary/aromatic N) is 2. The van der Waals surface area contributed by atoms with Crippen LogP contribution in [0.3, 0.4) is 0 Å². The van der Waals surface area contributed by atoms with Gasteiger partial charge in [-0.1, -0.05) is 55.5 Å². The molecule has 3 aromatic carbocycles. The molecule has 0 aliphatic heterocycles. The van der Waals surface area contributed by atoms with Gasteiger partial charge in [0.15, 0.2) is 0 Å². The SMILES string of the molecule is C#C.CC1CCc2cc(O)ccc2C1.CCN(Cc1ccc(CCN(C)CCOC)cc1)c1ccccc1. The highest BCUT2D eigenvalue weighted by molar-refractivity contribution is 5.46. The highest BCUT2D eigenvalue weighted by Gasteiger charge is 2.14. The maximum Gasteiger partial charge on any atom is 0.115 e. The van der Waals surface area contributed by atoms with Crippen LogP contribution in [0, 0.1) is 18.8 Å². The molecule has 4 nitrogen and oxygen atoms in total. The minimum Gasteiger partial charge on any atom is -0.508 e. The van der Waals surface area contributed by atoms with Gasteiger partial charge >= 0.3 is 0 Å². The summed E-state index contributed by atoms with van der Waals surface area (Å²) in [5.41, 5.74) is 6.80. The lowest BCUT2D eigenvalue weighted by atomic mass is 9.85. The van der Waals surface area contributed by atoms with E-state index >= 15 is 0 Å². The highest BCUT2D eigenvalue weighted by Crippen LogP contribution is 2.27. The van der Waals surface area contributed by atoms with Crippen LogP contribution in [0.2, 0.25) is 0 Å². The van der Waals surface area contributed by atoms with Gasteiger partial charge < -0.3 is 19.6 Å². The lowest BCUT2D eigenvalue weighted by molar-refractivity contribution is 0.162. The number of likely N-dealkylation sites (N-methyl/N-ethyl adjacent to an activating group) is 1. The molecule has 0 bridgehead atoms. The molecule has 38 heavy (non-hydrogen) atoms. The van der Waals surface area contributed by atoms with Gasteiger partial charge in [-0.05, 0) is 92.1 Å². The Bertz CT molecular complexity index is 1060. The second-order valence-electron chi connectivity index (χ2n) is 10.0. The normalized spacial score (nSPS) is 13.9. The first-order valence-electron chi connectivity index (χ1n) is 13.7. The van der Waals surface area contributed by atoms with Crippen LogP contribution in [-0.4, -0.2) is 50.4 Å². The summed E-state index contributed by atoms with van der Waals surface area (Å²) in [4.78, 5) is 4.71. The molecule has 1 unspecified atom stereocenters. The molecule has 0 fully saturated rings. The summed E-state index contributed by atoms with van der Waals surface area (Å²) in [5, 5.41) is 9.25. The number of anilines is 1. The van der Waals surface area contributed by atoms with Crippen molar-refractivity contribution in [2.45, 2.75) is 46.1 Å². The minimum absolute atomic E-state index is 0.406. The maximum absolute atomic E-state index is 9.25. The molecule has 0 saturated heterocycles. The van der Waals surface area contributed by atoms with E-state index in [1.165, 1.54) is 40.8 Å². The number of terminal acetylenes is 1. The second kappa shape index (κ2) is 17.3. The second-order valence-corrected chi connectivity index (χ2v) is 10.0. The third-order valence-corrected chi connectivity index (χ3v) is 7.02. The van der Waals surface area contributed by atoms with Crippen molar-refractivity contribution in [3.8, 4) is 18.6 Å². The summed E-state index contributed by atoms with van der Waals surface area (Å²) in [7, 11) is 3.90. The number of aromatic hydroxyl groups is 1. The van der Waals surface area contributed by atoms with Gasteiger partial charge in [-0.3, -0.25) is 0 Å². The number of phenols is 1. The lowest BCUT2D eigenvalue weighted by Crippen LogP contribution is -2.25. The first-order valence-corrected chi connectivity index (χ1v) is 13.7. The molecule has 1 atom stereocenters. The van der Waals surface area contributed by atoms with Gasteiger partial charge in [-0.25, -0.2) is 0 Å². The summed E-state index contributed by atoms with van der Waals surface area (Å²) in [5.74, 6) is 1.21. The molecule has 0 heterocycles. The average Bonchev–Trinajstić information content (AvgIpc) is 2.96. The third kappa shape index (κ3) is 10.6. The first-order chi connectivity index (χ1) is 18.5. The predicted molar refractivity (Wildman–Crippen MR) is 162 cm³/mol. The number of fused-ring (bicyclic) bond motifs is 1. The largest absolute Gasteiger partial charge is 0.508 e. The Morgan fingerprint density at radius 1 is 0.921 bits per heavy atom. The summed E-state index contributed by atoms with van der Waals surface area (Å²) in [6, 6.07) is 25.4. The molecule has 1 aliphatic rings. The van der Waals surface area contributed by atoms with Gasteiger partial charge in [0.2, 0.25) is 0 Å². The van der Waals surface area contributed by atoms with Crippen LogP contribution in [0.1, 0.15) is 42.5 Å². The average molecular weight is 515 g/mol. The fraction of sp³-hybridized carbons (Fsp3) is 0.412. The van der Waals surface area contributed by atoms with Crippen LogP contribution in [-0.2, 0) is 30.5 Å². The van der Waals surface area contributed by atoms with Gasteiger partial charge in [0.25, 0.3) is 0 Å². The number of methoxy groups -OCH3 is 1. The smallest absolute Gasteiger partial charge is 0.115 e. The van der Waals surface area contributed by atoms with Crippen LogP contribution in [0.4, 0.5) is 5.69 Å². The van der Waals surface area contributed by atoms with Crippen molar-refractivity contribution in [3.05, 3.63) is 95.1 Å². The number of hydrogen-bond acceptors (Lipinski definition) is 4. The fourth-order valence-electron chi connectivity index (χ4n) is 4.66. The monoisotopic (exact) mass is 514 g/mol. The van der Waals surface area contributed by atoms with E-state index in [-0.39, 0.29) is 0 Å². The molecule has 204 valence electrons. The van der Waals surface area contributed by atoms with E-state index < -0.39 is 0 Å². The van der Waals surface area contributed by atoms with Crippen molar-refractivity contribution in [1.29, 1.82) is 0 Å². The molecule has 1 aliphatic carbocycles. The maximum atomic E-state index is 9.25. The minimum atomic E-state index is 0.406. The number of aryl methyl sites for hydroxylation is 1. The number of ether oxygens (including phenoxy) is 1. The molecule has 3 aromatic rings. The summed E-state index contributed by atoms with van der Waals surface area (Å²) in [6.07, 6.45) is 12.6. The van der Waals surface area contributed by atoms with Crippen molar-refractivity contribution in [1.82, 2.24) is 4.90 Å². The van der Waals surface area contributed by atoms with Crippen molar-refractivity contribution < 1.29 is 9.84 Å². The van der Waals surface area contributed by atoms with Gasteiger partial charge in [-0.2, -0.15) is 0 Å². The van der Waals surface area contributed by atoms with Crippen molar-refractivity contribution >= 4 is 5.69 Å². The fourth-order valence-corrected chi connectivity index (χ4v) is 4.66. The molecular formula is C34H46N2O2. The molecule has 0 saturated carbocycles. The predicted octanol–water partition coefficient (Wildman–Crippen LogP) is 6.60. The Balaban J connectivity index is 0.000000301. The molecule has 0 aromatic heterocycles. The Morgan fingerprint density at radius 2 is 1.61 bits per heavy atom. The van der Waals surface area contributed by atoms with Crippen LogP contribution in [0.15, 0.2) is 72.8 Å². The van der Waals surface area contributed by atoms with E-state index in [1.54, 1.807) is 13.2 Å². The number of para-hydroxylation sites is 1. The molecule has 1 N–H and O–H groups in total. The Morgan fingerprint density at radius 3 is 2.26 bits per heavy atom. The lowest BCUT2D eigenvalue weighted by Gasteiger charge is -2.23. The van der Waals surface area contributed by atoms with Crippen molar-refractivity contribution in [3.63, 3.8) is 0 Å². The van der Waals surface area contributed by atoms with E-state index in [4.69, 9.17) is 4.74 Å². The van der Waals surface area contributed by atoms with Crippen molar-refractivity contribution in [2.75, 3.05) is 45.3 Å². The van der Waals surface area contributed by atoms with E-state index in [2.05, 4.69) is 104 Å². The molecular weight excluding hydrogens is 468 g/mol.